The lowest BCUT2D eigenvalue weighted by atomic mass is 10.1. The number of para-hydroxylation sites is 1. The summed E-state index contributed by atoms with van der Waals surface area (Å²) in [5.41, 5.74) is 1.31. The van der Waals surface area contributed by atoms with E-state index >= 15 is 0 Å². The topological polar surface area (TPSA) is 26.8 Å². The Bertz CT molecular complexity index is 541. The van der Waals surface area contributed by atoms with Gasteiger partial charge >= 0.3 is 0 Å². The first-order valence-corrected chi connectivity index (χ1v) is 9.15. The number of benzene rings is 1. The Kier molecular flexibility index (Phi) is 4.25. The quantitative estimate of drug-likeness (QED) is 0.857. The normalized spacial score (nSPS) is 27.1. The molecule has 0 aromatic heterocycles. The van der Waals surface area contributed by atoms with E-state index in [1.807, 2.05) is 0 Å². The molecule has 3 fully saturated rings. The minimum absolute atomic E-state index is 0.362. The molecule has 1 aromatic carbocycles. The number of rotatable bonds is 3. The molecule has 3 aliphatic rings. The van der Waals surface area contributed by atoms with Crippen molar-refractivity contribution in [2.24, 2.45) is 0 Å². The van der Waals surface area contributed by atoms with Gasteiger partial charge in [0.05, 0.1) is 6.54 Å². The Morgan fingerprint density at radius 1 is 0.870 bits per heavy atom. The van der Waals surface area contributed by atoms with E-state index in [4.69, 9.17) is 0 Å². The summed E-state index contributed by atoms with van der Waals surface area (Å²) in [5, 5.41) is 0. The maximum absolute atomic E-state index is 12.6. The summed E-state index contributed by atoms with van der Waals surface area (Å²) in [6.45, 7) is 4.77. The maximum atomic E-state index is 12.6. The van der Waals surface area contributed by atoms with Crippen LogP contribution in [-0.2, 0) is 4.79 Å². The predicted octanol–water partition coefficient (Wildman–Crippen LogP) is 2.35. The molecule has 1 atom stereocenters. The van der Waals surface area contributed by atoms with Crippen LogP contribution in [0.15, 0.2) is 30.3 Å². The van der Waals surface area contributed by atoms with Gasteiger partial charge in [-0.2, -0.15) is 0 Å². The van der Waals surface area contributed by atoms with Gasteiger partial charge in [0.25, 0.3) is 0 Å². The Balaban J connectivity index is 1.34. The molecular formula is C19H27N3O. The standard InChI is InChI=1S/C19H27N3O/c23-19-15-21(12-13-22(19)17-8-4-5-9-17)18-10-11-20(14-18)16-6-2-1-3-7-16/h1-3,6-7,17-18H,4-5,8-15H2. The first kappa shape index (κ1) is 15.0. The van der Waals surface area contributed by atoms with E-state index in [0.29, 0.717) is 24.5 Å². The Morgan fingerprint density at radius 3 is 2.39 bits per heavy atom. The number of anilines is 1. The molecule has 1 aliphatic carbocycles. The van der Waals surface area contributed by atoms with E-state index in [-0.39, 0.29) is 0 Å². The second-order valence-corrected chi connectivity index (χ2v) is 7.22. The van der Waals surface area contributed by atoms with Gasteiger partial charge in [-0.1, -0.05) is 31.0 Å². The van der Waals surface area contributed by atoms with Crippen LogP contribution in [0.1, 0.15) is 32.1 Å². The van der Waals surface area contributed by atoms with Crippen molar-refractivity contribution in [3.05, 3.63) is 30.3 Å². The first-order valence-electron chi connectivity index (χ1n) is 9.15. The summed E-state index contributed by atoms with van der Waals surface area (Å²) in [5.74, 6) is 0.362. The van der Waals surface area contributed by atoms with Crippen molar-refractivity contribution < 1.29 is 4.79 Å². The summed E-state index contributed by atoms with van der Waals surface area (Å²) in [7, 11) is 0. The van der Waals surface area contributed by atoms with Gasteiger partial charge in [0.15, 0.2) is 0 Å². The largest absolute Gasteiger partial charge is 0.370 e. The smallest absolute Gasteiger partial charge is 0.237 e. The highest BCUT2D eigenvalue weighted by Crippen LogP contribution is 2.27. The van der Waals surface area contributed by atoms with Crippen molar-refractivity contribution in [1.29, 1.82) is 0 Å². The monoisotopic (exact) mass is 313 g/mol. The number of nitrogens with zero attached hydrogens (tertiary/aromatic N) is 3. The van der Waals surface area contributed by atoms with Gasteiger partial charge in [-0.25, -0.2) is 0 Å². The highest BCUT2D eigenvalue weighted by molar-refractivity contribution is 5.79. The minimum atomic E-state index is 0.362. The Morgan fingerprint density at radius 2 is 1.65 bits per heavy atom. The number of amides is 1. The molecule has 2 heterocycles. The van der Waals surface area contributed by atoms with Crippen LogP contribution in [0.25, 0.3) is 0 Å². The number of hydrogen-bond acceptors (Lipinski definition) is 3. The van der Waals surface area contributed by atoms with Crippen LogP contribution >= 0.6 is 0 Å². The van der Waals surface area contributed by atoms with E-state index in [9.17, 15) is 4.79 Å². The molecule has 1 saturated carbocycles. The number of hydrogen-bond donors (Lipinski definition) is 0. The summed E-state index contributed by atoms with van der Waals surface area (Å²) in [6, 6.07) is 11.7. The van der Waals surface area contributed by atoms with Crippen molar-refractivity contribution in [3.8, 4) is 0 Å². The molecule has 0 bridgehead atoms. The fourth-order valence-corrected chi connectivity index (χ4v) is 4.53. The van der Waals surface area contributed by atoms with Crippen LogP contribution in [0.4, 0.5) is 5.69 Å². The fourth-order valence-electron chi connectivity index (χ4n) is 4.53. The van der Waals surface area contributed by atoms with Gasteiger partial charge < -0.3 is 9.80 Å². The predicted molar refractivity (Wildman–Crippen MR) is 92.6 cm³/mol. The lowest BCUT2D eigenvalue weighted by molar-refractivity contribution is -0.139. The van der Waals surface area contributed by atoms with Crippen molar-refractivity contribution in [3.63, 3.8) is 0 Å². The molecule has 0 N–H and O–H groups in total. The third kappa shape index (κ3) is 3.09. The Hall–Kier alpha value is -1.55. The zero-order chi connectivity index (χ0) is 15.6. The number of carbonyl (C=O) groups excluding carboxylic acids is 1. The van der Waals surface area contributed by atoms with Crippen LogP contribution < -0.4 is 4.90 Å². The lowest BCUT2D eigenvalue weighted by Gasteiger charge is -2.40. The maximum Gasteiger partial charge on any atom is 0.237 e. The highest BCUT2D eigenvalue weighted by atomic mass is 16.2. The Labute approximate surface area is 139 Å². The molecule has 2 aliphatic heterocycles. The minimum Gasteiger partial charge on any atom is -0.370 e. The van der Waals surface area contributed by atoms with Gasteiger partial charge in [0, 0.05) is 44.0 Å². The van der Waals surface area contributed by atoms with Gasteiger partial charge in [-0.15, -0.1) is 0 Å². The molecule has 4 rings (SSSR count). The third-order valence-corrected chi connectivity index (χ3v) is 5.85. The summed E-state index contributed by atoms with van der Waals surface area (Å²) in [6.07, 6.45) is 6.21. The van der Waals surface area contributed by atoms with Gasteiger partial charge in [-0.3, -0.25) is 9.69 Å². The van der Waals surface area contributed by atoms with Crippen molar-refractivity contribution in [1.82, 2.24) is 9.80 Å². The summed E-state index contributed by atoms with van der Waals surface area (Å²) >= 11 is 0. The van der Waals surface area contributed by atoms with E-state index in [0.717, 1.165) is 26.2 Å². The van der Waals surface area contributed by atoms with Crippen molar-refractivity contribution in [2.45, 2.75) is 44.2 Å². The van der Waals surface area contributed by atoms with E-state index < -0.39 is 0 Å². The summed E-state index contributed by atoms with van der Waals surface area (Å²) in [4.78, 5) is 19.6. The van der Waals surface area contributed by atoms with Crippen LogP contribution in [0.5, 0.6) is 0 Å². The molecule has 1 unspecified atom stereocenters. The SMILES string of the molecule is O=C1CN(C2CCN(c3ccccc3)C2)CCN1C1CCCC1. The molecule has 1 amide bonds. The van der Waals surface area contributed by atoms with Crippen molar-refractivity contribution in [2.75, 3.05) is 37.6 Å². The van der Waals surface area contributed by atoms with Crippen LogP contribution in [0.3, 0.4) is 0 Å². The van der Waals surface area contributed by atoms with Crippen LogP contribution in [0.2, 0.25) is 0 Å². The molecule has 0 radical (unpaired) electrons. The third-order valence-electron chi connectivity index (χ3n) is 5.85. The van der Waals surface area contributed by atoms with Crippen LogP contribution in [-0.4, -0.2) is 60.5 Å². The molecular weight excluding hydrogens is 286 g/mol. The molecule has 4 nitrogen and oxygen atoms in total. The van der Waals surface area contributed by atoms with E-state index in [2.05, 4.69) is 45.0 Å². The number of piperazine rings is 1. The molecule has 0 spiro atoms. The summed E-state index contributed by atoms with van der Waals surface area (Å²) < 4.78 is 0. The highest BCUT2D eigenvalue weighted by Gasteiger charge is 2.35. The average Bonchev–Trinajstić information content (AvgIpc) is 3.27. The zero-order valence-electron chi connectivity index (χ0n) is 13.9. The van der Waals surface area contributed by atoms with E-state index in [1.54, 1.807) is 0 Å². The van der Waals surface area contributed by atoms with E-state index in [1.165, 1.54) is 37.8 Å². The lowest BCUT2D eigenvalue weighted by Crippen LogP contribution is -2.56. The second-order valence-electron chi connectivity index (χ2n) is 7.22. The molecule has 1 aromatic rings. The molecule has 2 saturated heterocycles. The van der Waals surface area contributed by atoms with Gasteiger partial charge in [0.1, 0.15) is 0 Å². The molecule has 23 heavy (non-hydrogen) atoms. The van der Waals surface area contributed by atoms with Crippen molar-refractivity contribution >= 4 is 11.6 Å². The van der Waals surface area contributed by atoms with Gasteiger partial charge in [0.2, 0.25) is 5.91 Å². The zero-order valence-corrected chi connectivity index (χ0v) is 13.9. The molecule has 124 valence electrons. The van der Waals surface area contributed by atoms with Gasteiger partial charge in [-0.05, 0) is 31.4 Å². The second kappa shape index (κ2) is 6.52. The first-order chi connectivity index (χ1) is 11.3. The average molecular weight is 313 g/mol. The van der Waals surface area contributed by atoms with Crippen LogP contribution in [0, 0.1) is 0 Å². The number of carbonyl (C=O) groups is 1. The molecule has 4 heteroatoms. The fraction of sp³-hybridized carbons (Fsp3) is 0.632.